The van der Waals surface area contributed by atoms with E-state index in [4.69, 9.17) is 5.11 Å². The van der Waals surface area contributed by atoms with Crippen LogP contribution >= 0.6 is 0 Å². The average Bonchev–Trinajstić information content (AvgIpc) is 2.79. The van der Waals surface area contributed by atoms with E-state index in [0.29, 0.717) is 11.2 Å². The van der Waals surface area contributed by atoms with Crippen LogP contribution in [0.1, 0.15) is 5.69 Å². The molecule has 0 fully saturated rings. The van der Waals surface area contributed by atoms with Crippen molar-refractivity contribution in [2.75, 3.05) is 4.72 Å². The van der Waals surface area contributed by atoms with Gasteiger partial charge in [0.05, 0.1) is 5.52 Å². The first-order valence-electron chi connectivity index (χ1n) is 7.37. The molecule has 6 nitrogen and oxygen atoms in total. The standard InChI is InChI=1S/C17H15FN2O4S/c1-11-17(25(23,24)19-13-5-3-2-4-6-13)14-9-12(18)7-8-15(14)20(11)10-16(21)22/h2-9,19H,10H2,1H3,(H,21,22). The van der Waals surface area contributed by atoms with Crippen molar-refractivity contribution in [3.05, 3.63) is 60.0 Å². The van der Waals surface area contributed by atoms with E-state index in [1.165, 1.54) is 23.6 Å². The van der Waals surface area contributed by atoms with Gasteiger partial charge in [0.2, 0.25) is 0 Å². The Balaban J connectivity index is 2.22. The average molecular weight is 362 g/mol. The lowest BCUT2D eigenvalue weighted by Crippen LogP contribution is -2.15. The minimum atomic E-state index is -4.03. The Morgan fingerprint density at radius 2 is 1.88 bits per heavy atom. The molecule has 0 aliphatic carbocycles. The van der Waals surface area contributed by atoms with E-state index >= 15 is 0 Å². The lowest BCUT2D eigenvalue weighted by Gasteiger charge is -2.09. The van der Waals surface area contributed by atoms with Crippen molar-refractivity contribution in [1.82, 2.24) is 4.57 Å². The van der Waals surface area contributed by atoms with Gasteiger partial charge in [-0.15, -0.1) is 0 Å². The van der Waals surface area contributed by atoms with Crippen LogP contribution in [0.5, 0.6) is 0 Å². The van der Waals surface area contributed by atoms with Crippen LogP contribution in [0.15, 0.2) is 53.4 Å². The minimum Gasteiger partial charge on any atom is -0.480 e. The molecule has 25 heavy (non-hydrogen) atoms. The molecule has 130 valence electrons. The van der Waals surface area contributed by atoms with E-state index in [0.717, 1.165) is 6.07 Å². The largest absolute Gasteiger partial charge is 0.480 e. The Labute approximate surface area is 143 Å². The number of carboxylic acids is 1. The summed E-state index contributed by atoms with van der Waals surface area (Å²) in [5, 5.41) is 9.23. The molecule has 0 aliphatic heterocycles. The maximum Gasteiger partial charge on any atom is 0.323 e. The number of sulfonamides is 1. The first-order chi connectivity index (χ1) is 11.8. The molecule has 0 spiro atoms. The van der Waals surface area contributed by atoms with Crippen LogP contribution in [0.25, 0.3) is 10.9 Å². The molecule has 8 heteroatoms. The molecule has 0 atom stereocenters. The number of hydrogen-bond acceptors (Lipinski definition) is 3. The predicted octanol–water partition coefficient (Wildman–Crippen LogP) is 2.97. The maximum atomic E-state index is 13.7. The molecule has 0 saturated heterocycles. The van der Waals surface area contributed by atoms with E-state index in [9.17, 15) is 17.6 Å². The zero-order valence-electron chi connectivity index (χ0n) is 13.2. The zero-order chi connectivity index (χ0) is 18.2. The van der Waals surface area contributed by atoms with Gasteiger partial charge in [0.1, 0.15) is 17.3 Å². The van der Waals surface area contributed by atoms with Crippen LogP contribution < -0.4 is 4.72 Å². The molecule has 0 amide bonds. The summed E-state index contributed by atoms with van der Waals surface area (Å²) in [6.45, 7) is 1.08. The minimum absolute atomic E-state index is 0.132. The van der Waals surface area contributed by atoms with Crippen LogP contribution in [0, 0.1) is 12.7 Å². The summed E-state index contributed by atoms with van der Waals surface area (Å²) in [5.74, 6) is -1.72. The number of rotatable bonds is 5. The summed E-state index contributed by atoms with van der Waals surface area (Å²) in [5.41, 5.74) is 0.929. The highest BCUT2D eigenvalue weighted by Crippen LogP contribution is 2.31. The molecule has 2 N–H and O–H groups in total. The molecule has 1 aromatic heterocycles. The van der Waals surface area contributed by atoms with Gasteiger partial charge >= 0.3 is 5.97 Å². The number of hydrogen-bond donors (Lipinski definition) is 2. The summed E-state index contributed by atoms with van der Waals surface area (Å²) in [7, 11) is -4.03. The van der Waals surface area contributed by atoms with Crippen LogP contribution in [0.3, 0.4) is 0 Å². The first kappa shape index (κ1) is 17.0. The van der Waals surface area contributed by atoms with Gasteiger partial charge in [0.15, 0.2) is 0 Å². The fourth-order valence-electron chi connectivity index (χ4n) is 2.81. The molecule has 3 rings (SSSR count). The van der Waals surface area contributed by atoms with Crippen molar-refractivity contribution in [3.8, 4) is 0 Å². The normalized spacial score (nSPS) is 11.6. The third kappa shape index (κ3) is 3.20. The number of nitrogens with one attached hydrogen (secondary N) is 1. The second-order valence-electron chi connectivity index (χ2n) is 5.53. The Bertz CT molecular complexity index is 1060. The van der Waals surface area contributed by atoms with Crippen molar-refractivity contribution < 1.29 is 22.7 Å². The van der Waals surface area contributed by atoms with Crippen LogP contribution in [0.2, 0.25) is 0 Å². The molecular formula is C17H15FN2O4S. The van der Waals surface area contributed by atoms with Gasteiger partial charge in [-0.25, -0.2) is 12.8 Å². The number of carboxylic acid groups (broad SMARTS) is 1. The van der Waals surface area contributed by atoms with Gasteiger partial charge in [0.25, 0.3) is 10.0 Å². The van der Waals surface area contributed by atoms with E-state index < -0.39 is 28.4 Å². The summed E-state index contributed by atoms with van der Waals surface area (Å²) in [6.07, 6.45) is 0. The van der Waals surface area contributed by atoms with Gasteiger partial charge in [-0.2, -0.15) is 0 Å². The molecule has 0 saturated carbocycles. The Kier molecular flexibility index (Phi) is 4.22. The van der Waals surface area contributed by atoms with Crippen LogP contribution in [-0.2, 0) is 21.4 Å². The highest BCUT2D eigenvalue weighted by molar-refractivity contribution is 7.93. The number of anilines is 1. The number of halogens is 1. The van der Waals surface area contributed by atoms with E-state index in [1.807, 2.05) is 0 Å². The topological polar surface area (TPSA) is 88.4 Å². The number of aromatic nitrogens is 1. The van der Waals surface area contributed by atoms with Gasteiger partial charge in [-0.1, -0.05) is 18.2 Å². The van der Waals surface area contributed by atoms with Crippen molar-refractivity contribution in [2.24, 2.45) is 0 Å². The Hall–Kier alpha value is -2.87. The number of benzene rings is 2. The highest BCUT2D eigenvalue weighted by atomic mass is 32.2. The summed E-state index contributed by atoms with van der Waals surface area (Å²) >= 11 is 0. The lowest BCUT2D eigenvalue weighted by molar-refractivity contribution is -0.137. The smallest absolute Gasteiger partial charge is 0.323 e. The molecule has 0 aliphatic rings. The quantitative estimate of drug-likeness (QED) is 0.730. The molecule has 0 unspecified atom stereocenters. The zero-order valence-corrected chi connectivity index (χ0v) is 14.0. The third-order valence-corrected chi connectivity index (χ3v) is 5.37. The fourth-order valence-corrected chi connectivity index (χ4v) is 4.31. The number of carbonyl (C=O) groups is 1. The SMILES string of the molecule is Cc1c(S(=O)(=O)Nc2ccccc2)c2cc(F)ccc2n1CC(=O)O. The van der Waals surface area contributed by atoms with E-state index in [1.54, 1.807) is 30.3 Å². The number of fused-ring (bicyclic) bond motifs is 1. The van der Waals surface area contributed by atoms with Crippen molar-refractivity contribution >= 4 is 32.6 Å². The van der Waals surface area contributed by atoms with Crippen molar-refractivity contribution in [3.63, 3.8) is 0 Å². The van der Waals surface area contributed by atoms with Gasteiger partial charge < -0.3 is 9.67 Å². The first-order valence-corrected chi connectivity index (χ1v) is 8.86. The van der Waals surface area contributed by atoms with Gasteiger partial charge in [0, 0.05) is 16.8 Å². The second-order valence-corrected chi connectivity index (χ2v) is 7.15. The number of aliphatic carboxylic acids is 1. The van der Waals surface area contributed by atoms with Crippen molar-refractivity contribution in [2.45, 2.75) is 18.4 Å². The highest BCUT2D eigenvalue weighted by Gasteiger charge is 2.26. The molecule has 0 bridgehead atoms. The number of para-hydroxylation sites is 1. The lowest BCUT2D eigenvalue weighted by atomic mass is 10.2. The number of nitrogens with zero attached hydrogens (tertiary/aromatic N) is 1. The summed E-state index contributed by atoms with van der Waals surface area (Å²) in [6, 6.07) is 11.9. The maximum absolute atomic E-state index is 13.7. The van der Waals surface area contributed by atoms with Crippen LogP contribution in [-0.4, -0.2) is 24.1 Å². The summed E-state index contributed by atoms with van der Waals surface area (Å²) < 4.78 is 43.2. The second kappa shape index (κ2) is 6.21. The van der Waals surface area contributed by atoms with Crippen molar-refractivity contribution in [1.29, 1.82) is 0 Å². The van der Waals surface area contributed by atoms with Gasteiger partial charge in [-0.3, -0.25) is 9.52 Å². The van der Waals surface area contributed by atoms with E-state index in [-0.39, 0.29) is 16.0 Å². The molecule has 0 radical (unpaired) electrons. The van der Waals surface area contributed by atoms with E-state index in [2.05, 4.69) is 4.72 Å². The third-order valence-electron chi connectivity index (χ3n) is 3.82. The molecule has 1 heterocycles. The van der Waals surface area contributed by atoms with Gasteiger partial charge in [-0.05, 0) is 37.3 Å². The fraction of sp³-hybridized carbons (Fsp3) is 0.118. The molecular weight excluding hydrogens is 347 g/mol. The molecule has 3 aromatic rings. The summed E-state index contributed by atoms with van der Waals surface area (Å²) in [4.78, 5) is 11.0. The monoisotopic (exact) mass is 362 g/mol. The Morgan fingerprint density at radius 3 is 2.52 bits per heavy atom. The molecule has 2 aromatic carbocycles. The van der Waals surface area contributed by atoms with Crippen LogP contribution in [0.4, 0.5) is 10.1 Å². The Morgan fingerprint density at radius 1 is 1.20 bits per heavy atom. The predicted molar refractivity (Wildman–Crippen MR) is 91.5 cm³/mol.